The Morgan fingerprint density at radius 1 is 1.20 bits per heavy atom. The van der Waals surface area contributed by atoms with Crippen LogP contribution in [-0.2, 0) is 4.79 Å². The lowest BCUT2D eigenvalue weighted by Crippen LogP contribution is -2.77. The van der Waals surface area contributed by atoms with Crippen LogP contribution in [-0.4, -0.2) is 26.9 Å². The summed E-state index contributed by atoms with van der Waals surface area (Å²) in [5, 5.41) is 10.7. The van der Waals surface area contributed by atoms with Gasteiger partial charge in [-0.3, -0.25) is 4.79 Å². The second kappa shape index (κ2) is 3.46. The van der Waals surface area contributed by atoms with Gasteiger partial charge in [-0.2, -0.15) is 10.6 Å². The maximum atomic E-state index is 11.2. The van der Waals surface area contributed by atoms with E-state index in [-0.39, 0.29) is 21.7 Å². The van der Waals surface area contributed by atoms with Gasteiger partial charge in [0.2, 0.25) is 0 Å². The zero-order valence-corrected chi connectivity index (χ0v) is 10.4. The largest absolute Gasteiger partial charge is 0.270 e. The van der Waals surface area contributed by atoms with E-state index < -0.39 is 0 Å². The number of quaternary nitrogens is 1. The Bertz CT molecular complexity index is 256. The second-order valence-electron chi connectivity index (χ2n) is 5.78. The molecular weight excluding hydrogens is 192 g/mol. The number of hydrogen-bond acceptors (Lipinski definition) is 2. The summed E-state index contributed by atoms with van der Waals surface area (Å²) < 4.78 is -0.366. The third-order valence-electron chi connectivity index (χ3n) is 3.65. The molecule has 1 rings (SSSR count). The molecule has 15 heavy (non-hydrogen) atoms. The van der Waals surface area contributed by atoms with Crippen molar-refractivity contribution in [2.75, 3.05) is 0 Å². The van der Waals surface area contributed by atoms with Crippen molar-refractivity contribution in [3.05, 3.63) is 0 Å². The molecule has 1 aliphatic heterocycles. The molecule has 0 saturated carbocycles. The number of hydrogen-bond donors (Lipinski definition) is 2. The summed E-state index contributed by atoms with van der Waals surface area (Å²) >= 11 is 0. The van der Waals surface area contributed by atoms with Gasteiger partial charge < -0.3 is 0 Å². The van der Waals surface area contributed by atoms with Crippen LogP contribution in [0.4, 0.5) is 0 Å². The predicted octanol–water partition coefficient (Wildman–Crippen LogP) is 1.98. The summed E-state index contributed by atoms with van der Waals surface area (Å²) in [6, 6.07) is 0. The van der Waals surface area contributed by atoms with Crippen molar-refractivity contribution in [2.45, 2.75) is 65.0 Å². The maximum Gasteiger partial charge on any atom is 0.264 e. The predicted molar refractivity (Wildman–Crippen MR) is 57.9 cm³/mol. The Labute approximate surface area is 91.8 Å². The van der Waals surface area contributed by atoms with E-state index in [9.17, 15) is 10.0 Å². The zero-order valence-electron chi connectivity index (χ0n) is 10.4. The van der Waals surface area contributed by atoms with Crippen LogP contribution in [0.3, 0.4) is 0 Å². The molecule has 0 atom stereocenters. The number of carbonyl (C=O) groups excluding carboxylic acids is 1. The molecule has 0 aliphatic carbocycles. The molecule has 1 fully saturated rings. The smallest absolute Gasteiger partial charge is 0.264 e. The van der Waals surface area contributed by atoms with Crippen LogP contribution in [0, 0.1) is 0 Å². The van der Waals surface area contributed by atoms with Crippen LogP contribution >= 0.6 is 0 Å². The van der Waals surface area contributed by atoms with E-state index in [0.717, 1.165) is 19.3 Å². The molecule has 0 aromatic carbocycles. The highest BCUT2D eigenvalue weighted by Crippen LogP contribution is 2.41. The molecule has 2 N–H and O–H groups in total. The molecule has 0 aromatic rings. The highest BCUT2D eigenvalue weighted by atomic mass is 16.6. The fourth-order valence-corrected chi connectivity index (χ4v) is 2.63. The van der Waals surface area contributed by atoms with Crippen molar-refractivity contribution in [1.82, 2.24) is 5.43 Å². The second-order valence-corrected chi connectivity index (χ2v) is 5.78. The van der Waals surface area contributed by atoms with Gasteiger partial charge in [0.1, 0.15) is 11.1 Å². The monoisotopic (exact) mass is 215 g/mol. The van der Waals surface area contributed by atoms with E-state index in [2.05, 4.69) is 5.43 Å². The number of hydroxylamine groups is 2. The van der Waals surface area contributed by atoms with Gasteiger partial charge in [0.15, 0.2) is 0 Å². The first-order valence-corrected chi connectivity index (χ1v) is 5.53. The van der Waals surface area contributed by atoms with E-state index in [1.54, 1.807) is 0 Å². The lowest BCUT2D eigenvalue weighted by atomic mass is 9.81. The molecule has 1 saturated heterocycles. The van der Waals surface area contributed by atoms with Crippen molar-refractivity contribution in [3.63, 3.8) is 0 Å². The van der Waals surface area contributed by atoms with Gasteiger partial charge in [-0.25, -0.2) is 0 Å². The molecule has 0 aromatic heterocycles. The Kier molecular flexibility index (Phi) is 2.87. The fraction of sp³-hybridized carbons (Fsp3) is 0.909. The van der Waals surface area contributed by atoms with Crippen LogP contribution in [0.25, 0.3) is 0 Å². The SMILES string of the molecule is CC(=O)N[N+]1(O)C(C)(C)CCCC1(C)C. The van der Waals surface area contributed by atoms with Gasteiger partial charge in [-0.1, -0.05) is 4.76 Å². The molecule has 1 aliphatic rings. The van der Waals surface area contributed by atoms with Crippen LogP contribution < -0.4 is 5.43 Å². The molecule has 0 spiro atoms. The minimum atomic E-state index is -0.366. The van der Waals surface area contributed by atoms with Crippen molar-refractivity contribution in [1.29, 1.82) is 0 Å². The van der Waals surface area contributed by atoms with E-state index in [0.29, 0.717) is 0 Å². The molecule has 0 unspecified atom stereocenters. The summed E-state index contributed by atoms with van der Waals surface area (Å²) in [6.45, 7) is 9.40. The van der Waals surface area contributed by atoms with Crippen molar-refractivity contribution in [2.24, 2.45) is 0 Å². The van der Waals surface area contributed by atoms with Crippen molar-refractivity contribution < 1.29 is 14.8 Å². The van der Waals surface area contributed by atoms with Gasteiger partial charge in [0.25, 0.3) is 5.91 Å². The van der Waals surface area contributed by atoms with Gasteiger partial charge >= 0.3 is 0 Å². The minimum Gasteiger partial charge on any atom is -0.270 e. The lowest BCUT2D eigenvalue weighted by molar-refractivity contribution is -1.20. The number of piperidine rings is 1. The lowest BCUT2D eigenvalue weighted by Gasteiger charge is -2.54. The van der Waals surface area contributed by atoms with Crippen molar-refractivity contribution in [3.8, 4) is 0 Å². The molecule has 88 valence electrons. The summed E-state index contributed by atoms with van der Waals surface area (Å²) in [6.07, 6.45) is 2.90. The summed E-state index contributed by atoms with van der Waals surface area (Å²) in [5.74, 6) is -0.194. The number of carbonyl (C=O) groups is 1. The van der Waals surface area contributed by atoms with Gasteiger partial charge in [-0.15, -0.1) is 0 Å². The Morgan fingerprint density at radius 2 is 1.60 bits per heavy atom. The number of nitrogens with zero attached hydrogens (tertiary/aromatic N) is 1. The van der Waals surface area contributed by atoms with Crippen LogP contribution in [0.1, 0.15) is 53.9 Å². The maximum absolute atomic E-state index is 11.2. The number of nitrogens with one attached hydrogen (secondary N) is 1. The van der Waals surface area contributed by atoms with E-state index in [1.807, 2.05) is 27.7 Å². The quantitative estimate of drug-likeness (QED) is 0.657. The Morgan fingerprint density at radius 3 is 1.93 bits per heavy atom. The van der Waals surface area contributed by atoms with E-state index in [4.69, 9.17) is 0 Å². The molecule has 0 bridgehead atoms. The molecule has 4 nitrogen and oxygen atoms in total. The summed E-state index contributed by atoms with van der Waals surface area (Å²) in [5.41, 5.74) is 2.01. The Hall–Kier alpha value is -0.610. The third-order valence-corrected chi connectivity index (χ3v) is 3.65. The number of amides is 1. The Balaban J connectivity index is 3.09. The first-order valence-electron chi connectivity index (χ1n) is 5.53. The number of rotatable bonds is 1. The average molecular weight is 215 g/mol. The molecular formula is C11H23N2O2+. The van der Waals surface area contributed by atoms with Gasteiger partial charge in [0.05, 0.1) is 0 Å². The van der Waals surface area contributed by atoms with E-state index >= 15 is 0 Å². The van der Waals surface area contributed by atoms with Crippen LogP contribution in [0.5, 0.6) is 0 Å². The summed E-state index contributed by atoms with van der Waals surface area (Å²) in [4.78, 5) is 11.2. The molecule has 0 radical (unpaired) electrons. The first-order chi connectivity index (χ1) is 6.62. The van der Waals surface area contributed by atoms with E-state index in [1.165, 1.54) is 6.92 Å². The molecule has 1 heterocycles. The fourth-order valence-electron chi connectivity index (χ4n) is 2.63. The zero-order chi connectivity index (χ0) is 11.9. The molecule has 1 amide bonds. The third kappa shape index (κ3) is 1.88. The topological polar surface area (TPSA) is 49.3 Å². The van der Waals surface area contributed by atoms with Crippen LogP contribution in [0.15, 0.2) is 0 Å². The van der Waals surface area contributed by atoms with Crippen LogP contribution in [0.2, 0.25) is 0 Å². The highest BCUT2D eigenvalue weighted by Gasteiger charge is 2.58. The highest BCUT2D eigenvalue weighted by molar-refractivity contribution is 5.71. The first kappa shape index (κ1) is 12.5. The van der Waals surface area contributed by atoms with Gasteiger partial charge in [-0.05, 0) is 34.1 Å². The van der Waals surface area contributed by atoms with Gasteiger partial charge in [0, 0.05) is 19.8 Å². The average Bonchev–Trinajstić information content (AvgIpc) is 1.99. The minimum absolute atomic E-state index is 0.194. The molecule has 4 heteroatoms. The normalized spacial score (nSPS) is 27.1. The summed E-state index contributed by atoms with van der Waals surface area (Å²) in [7, 11) is 0. The standard InChI is InChI=1S/C11H22N2O2/c1-9(14)12-13(15)10(2,3)7-6-8-11(13,4)5/h15H,6-8H2,1-5H3/p+1. The van der Waals surface area contributed by atoms with Crippen molar-refractivity contribution >= 4 is 5.91 Å².